The number of hydrogen-bond donors (Lipinski definition) is 2. The summed E-state index contributed by atoms with van der Waals surface area (Å²) in [4.78, 5) is 28.8. The van der Waals surface area contributed by atoms with Crippen LogP contribution in [-0.2, 0) is 11.8 Å². The molecule has 8 nitrogen and oxygen atoms in total. The molecule has 4 aromatic rings. The maximum absolute atomic E-state index is 11.3. The average Bonchev–Trinajstić information content (AvgIpc) is 3.33. The fraction of sp³-hybridized carbons (Fsp3) is 0.167. The number of rotatable bonds is 4. The number of thiazole rings is 1. The zero-order valence-corrected chi connectivity index (χ0v) is 15.8. The Morgan fingerprint density at radius 2 is 2.15 bits per heavy atom. The molecular formula is C18H17N7OS. The molecule has 9 heteroatoms. The first-order valence-corrected chi connectivity index (χ1v) is 9.08. The summed E-state index contributed by atoms with van der Waals surface area (Å²) >= 11 is 1.53. The smallest absolute Gasteiger partial charge is 0.222 e. The highest BCUT2D eigenvalue weighted by Crippen LogP contribution is 2.40. The quantitative estimate of drug-likeness (QED) is 0.567. The van der Waals surface area contributed by atoms with Crippen molar-refractivity contribution in [1.82, 2.24) is 29.7 Å². The lowest BCUT2D eigenvalue weighted by molar-refractivity contribution is -0.114. The first-order valence-electron chi connectivity index (χ1n) is 8.26. The number of anilines is 1. The van der Waals surface area contributed by atoms with E-state index in [1.54, 1.807) is 23.3 Å². The molecule has 4 aromatic heterocycles. The number of aryl methyl sites for hydroxylation is 2. The van der Waals surface area contributed by atoms with Gasteiger partial charge in [0.15, 0.2) is 0 Å². The minimum atomic E-state index is -0.165. The molecule has 0 saturated heterocycles. The highest BCUT2D eigenvalue weighted by atomic mass is 32.1. The first-order chi connectivity index (χ1) is 13.0. The van der Waals surface area contributed by atoms with E-state index < -0.39 is 0 Å². The lowest BCUT2D eigenvalue weighted by Crippen LogP contribution is -2.07. The van der Waals surface area contributed by atoms with Crippen LogP contribution in [0.1, 0.15) is 12.6 Å². The Morgan fingerprint density at radius 1 is 1.30 bits per heavy atom. The van der Waals surface area contributed by atoms with Crippen LogP contribution in [0.2, 0.25) is 0 Å². The Bertz CT molecular complexity index is 1110. The molecule has 0 aliphatic rings. The van der Waals surface area contributed by atoms with Crippen LogP contribution in [0.5, 0.6) is 0 Å². The summed E-state index contributed by atoms with van der Waals surface area (Å²) in [6.45, 7) is 3.41. The molecule has 1 amide bonds. The van der Waals surface area contributed by atoms with Crippen LogP contribution < -0.4 is 5.32 Å². The molecule has 0 radical (unpaired) electrons. The van der Waals surface area contributed by atoms with Gasteiger partial charge in [-0.2, -0.15) is 5.10 Å². The zero-order chi connectivity index (χ0) is 19.0. The number of pyridine rings is 1. The van der Waals surface area contributed by atoms with Crippen molar-refractivity contribution in [3.63, 3.8) is 0 Å². The molecule has 0 bridgehead atoms. The third-order valence-electron chi connectivity index (χ3n) is 3.92. The number of imidazole rings is 1. The molecule has 0 spiro atoms. The second kappa shape index (κ2) is 6.76. The number of aromatic amines is 1. The Labute approximate surface area is 159 Å². The number of carbonyl (C=O) groups is 1. The molecule has 0 aromatic carbocycles. The predicted octanol–water partition coefficient (Wildman–Crippen LogP) is 3.26. The molecule has 0 fully saturated rings. The van der Waals surface area contributed by atoms with E-state index in [1.165, 1.54) is 18.3 Å². The third-order valence-corrected chi connectivity index (χ3v) is 5.03. The second-order valence-corrected chi connectivity index (χ2v) is 7.05. The number of H-pyrrole nitrogens is 1. The van der Waals surface area contributed by atoms with Crippen LogP contribution >= 0.6 is 11.3 Å². The second-order valence-electron chi connectivity index (χ2n) is 6.05. The zero-order valence-electron chi connectivity index (χ0n) is 15.0. The van der Waals surface area contributed by atoms with Crippen molar-refractivity contribution in [2.24, 2.45) is 7.05 Å². The summed E-state index contributed by atoms with van der Waals surface area (Å²) in [7, 11) is 1.89. The highest BCUT2D eigenvalue weighted by molar-refractivity contribution is 7.18. The van der Waals surface area contributed by atoms with Gasteiger partial charge >= 0.3 is 0 Å². The van der Waals surface area contributed by atoms with Gasteiger partial charge in [-0.1, -0.05) is 0 Å². The number of aromatic nitrogens is 6. The van der Waals surface area contributed by atoms with E-state index in [1.807, 2.05) is 32.3 Å². The van der Waals surface area contributed by atoms with Crippen molar-refractivity contribution < 1.29 is 4.79 Å². The Hall–Kier alpha value is -3.33. The maximum atomic E-state index is 11.3. The lowest BCUT2D eigenvalue weighted by atomic mass is 10.1. The Kier molecular flexibility index (Phi) is 4.28. The highest BCUT2D eigenvalue weighted by Gasteiger charge is 2.20. The van der Waals surface area contributed by atoms with E-state index in [-0.39, 0.29) is 5.91 Å². The minimum Gasteiger partial charge on any atom is -0.344 e. The largest absolute Gasteiger partial charge is 0.344 e. The normalized spacial score (nSPS) is 10.9. The molecule has 0 saturated carbocycles. The molecule has 4 rings (SSSR count). The Balaban J connectivity index is 1.85. The summed E-state index contributed by atoms with van der Waals surface area (Å²) in [6.07, 6.45) is 7.12. The summed E-state index contributed by atoms with van der Waals surface area (Å²) in [6, 6.07) is 3.68. The number of amides is 1. The van der Waals surface area contributed by atoms with Gasteiger partial charge < -0.3 is 10.3 Å². The van der Waals surface area contributed by atoms with Crippen molar-refractivity contribution in [1.29, 1.82) is 0 Å². The van der Waals surface area contributed by atoms with Gasteiger partial charge in [0.2, 0.25) is 5.91 Å². The van der Waals surface area contributed by atoms with Crippen molar-refractivity contribution in [3.8, 4) is 32.5 Å². The van der Waals surface area contributed by atoms with Crippen molar-refractivity contribution in [2.75, 3.05) is 5.32 Å². The van der Waals surface area contributed by atoms with Crippen LogP contribution in [0.3, 0.4) is 0 Å². The summed E-state index contributed by atoms with van der Waals surface area (Å²) in [5.41, 5.74) is 3.56. The first kappa shape index (κ1) is 17.1. The number of nitrogens with zero attached hydrogens (tertiary/aromatic N) is 5. The number of hydrogen-bond acceptors (Lipinski definition) is 6. The summed E-state index contributed by atoms with van der Waals surface area (Å²) in [5.74, 6) is 1.09. The van der Waals surface area contributed by atoms with Gasteiger partial charge in [0.25, 0.3) is 0 Å². The molecule has 27 heavy (non-hydrogen) atoms. The van der Waals surface area contributed by atoms with Crippen LogP contribution in [0.15, 0.2) is 36.9 Å². The topological polar surface area (TPSA) is 101 Å². The van der Waals surface area contributed by atoms with Crippen LogP contribution in [0, 0.1) is 6.92 Å². The Morgan fingerprint density at radius 3 is 2.81 bits per heavy atom. The van der Waals surface area contributed by atoms with E-state index in [9.17, 15) is 4.79 Å². The molecule has 0 atom stereocenters. The summed E-state index contributed by atoms with van der Waals surface area (Å²) in [5, 5.41) is 7.95. The number of carbonyl (C=O) groups excluding carboxylic acids is 1. The SMILES string of the molecule is CC(=O)Nc1cc(-c2nc(-c3cn(C)nc3C)c(-c3ncc[nH]3)s2)ccn1. The predicted molar refractivity (Wildman–Crippen MR) is 104 cm³/mol. The van der Waals surface area contributed by atoms with Gasteiger partial charge in [0, 0.05) is 49.9 Å². The van der Waals surface area contributed by atoms with Gasteiger partial charge in [-0.05, 0) is 19.1 Å². The van der Waals surface area contributed by atoms with Crippen molar-refractivity contribution >= 4 is 23.1 Å². The molecule has 2 N–H and O–H groups in total. The number of nitrogens with one attached hydrogen (secondary N) is 2. The molecule has 0 unspecified atom stereocenters. The van der Waals surface area contributed by atoms with E-state index in [0.29, 0.717) is 5.82 Å². The maximum Gasteiger partial charge on any atom is 0.222 e. The molecule has 0 aliphatic heterocycles. The van der Waals surface area contributed by atoms with E-state index in [4.69, 9.17) is 4.98 Å². The van der Waals surface area contributed by atoms with Gasteiger partial charge in [0.1, 0.15) is 16.6 Å². The molecule has 0 aliphatic carbocycles. The average molecular weight is 379 g/mol. The van der Waals surface area contributed by atoms with Gasteiger partial charge in [0.05, 0.1) is 16.3 Å². The van der Waals surface area contributed by atoms with Gasteiger partial charge in [-0.3, -0.25) is 9.48 Å². The molecule has 4 heterocycles. The standard InChI is InChI=1S/C18H17N7OS/c1-10-13(9-25(3)24-10)15-16(17-20-6-7-21-17)27-18(23-15)12-4-5-19-14(8-12)22-11(2)26/h4-9H,1-3H3,(H,20,21)(H,19,22,26). The monoisotopic (exact) mass is 379 g/mol. The fourth-order valence-electron chi connectivity index (χ4n) is 2.82. The summed E-state index contributed by atoms with van der Waals surface area (Å²) < 4.78 is 1.77. The van der Waals surface area contributed by atoms with E-state index in [0.717, 1.165) is 38.2 Å². The molecular weight excluding hydrogens is 362 g/mol. The molecule has 136 valence electrons. The van der Waals surface area contributed by atoms with E-state index >= 15 is 0 Å². The van der Waals surface area contributed by atoms with Gasteiger partial charge in [-0.15, -0.1) is 11.3 Å². The van der Waals surface area contributed by atoms with Crippen molar-refractivity contribution in [2.45, 2.75) is 13.8 Å². The third kappa shape index (κ3) is 3.36. The van der Waals surface area contributed by atoms with Crippen LogP contribution in [0.25, 0.3) is 32.5 Å². The minimum absolute atomic E-state index is 0.165. The van der Waals surface area contributed by atoms with Crippen LogP contribution in [-0.4, -0.2) is 35.6 Å². The van der Waals surface area contributed by atoms with Crippen molar-refractivity contribution in [3.05, 3.63) is 42.6 Å². The van der Waals surface area contributed by atoms with Crippen LogP contribution in [0.4, 0.5) is 5.82 Å². The van der Waals surface area contributed by atoms with Gasteiger partial charge in [-0.25, -0.2) is 15.0 Å². The van der Waals surface area contributed by atoms with E-state index in [2.05, 4.69) is 25.4 Å². The lowest BCUT2D eigenvalue weighted by Gasteiger charge is -2.02. The fourth-order valence-corrected chi connectivity index (χ4v) is 3.86.